The van der Waals surface area contributed by atoms with E-state index in [-0.39, 0.29) is 10.8 Å². The molecule has 0 heterocycles. The van der Waals surface area contributed by atoms with Crippen molar-refractivity contribution >= 4 is 0 Å². The first-order chi connectivity index (χ1) is 11.9. The Morgan fingerprint density at radius 3 is 1.85 bits per heavy atom. The van der Waals surface area contributed by atoms with Gasteiger partial charge in [-0.15, -0.1) is 0 Å². The zero-order valence-electron chi connectivity index (χ0n) is 17.7. The highest BCUT2D eigenvalue weighted by Crippen LogP contribution is 2.34. The summed E-state index contributed by atoms with van der Waals surface area (Å²) in [7, 11) is 0. The van der Waals surface area contributed by atoms with Gasteiger partial charge in [0.25, 0.3) is 0 Å². The summed E-state index contributed by atoms with van der Waals surface area (Å²) in [6, 6.07) is 13.5. The van der Waals surface area contributed by atoms with Gasteiger partial charge in [0.1, 0.15) is 11.5 Å². The largest absolute Gasteiger partial charge is 0.508 e. The molecule has 2 aromatic carbocycles. The van der Waals surface area contributed by atoms with E-state index >= 15 is 0 Å². The van der Waals surface area contributed by atoms with Crippen molar-refractivity contribution in [2.24, 2.45) is 0 Å². The zero-order valence-corrected chi connectivity index (χ0v) is 17.7. The third-order valence-electron chi connectivity index (χ3n) is 4.75. The van der Waals surface area contributed by atoms with E-state index in [0.717, 1.165) is 17.5 Å². The van der Waals surface area contributed by atoms with Crippen molar-refractivity contribution in [3.63, 3.8) is 0 Å². The highest BCUT2D eigenvalue weighted by atomic mass is 16.3. The van der Waals surface area contributed by atoms with Gasteiger partial charge in [-0.1, -0.05) is 85.7 Å². The van der Waals surface area contributed by atoms with Crippen molar-refractivity contribution in [1.29, 1.82) is 0 Å². The molecule has 0 saturated heterocycles. The van der Waals surface area contributed by atoms with E-state index in [2.05, 4.69) is 61.5 Å². The Bertz CT molecular complexity index is 703. The summed E-state index contributed by atoms with van der Waals surface area (Å²) < 4.78 is 0. The fourth-order valence-electron chi connectivity index (χ4n) is 2.73. The number of para-hydroxylation sites is 1. The number of phenolic OH excluding ortho intramolecular Hbond substituents is 2. The minimum atomic E-state index is -0.00859. The fraction of sp³-hybridized carbons (Fsp3) is 0.500. The van der Waals surface area contributed by atoms with Gasteiger partial charge < -0.3 is 10.2 Å². The molecule has 0 aliphatic carbocycles. The topological polar surface area (TPSA) is 40.5 Å². The molecule has 0 spiro atoms. The minimum absolute atomic E-state index is 0.00859. The van der Waals surface area contributed by atoms with Crippen LogP contribution in [0, 0.1) is 0 Å². The lowest BCUT2D eigenvalue weighted by molar-refractivity contribution is 0.444. The third-order valence-corrected chi connectivity index (χ3v) is 4.75. The normalized spacial score (nSPS) is 12.9. The standard InChI is InChI=1S/C14H22O.C10H14O/c1-13(2,3)10-7-8-12(15)11(9-10)14(4,5)6;1-3-8(2)9-6-4-5-7-10(9)11/h7-9,15H,1-6H3;4-8,11H,3H2,1-2H3. The van der Waals surface area contributed by atoms with Crippen molar-refractivity contribution in [2.75, 3.05) is 0 Å². The second-order valence-electron chi connectivity index (χ2n) is 9.10. The maximum Gasteiger partial charge on any atom is 0.119 e. The Balaban J connectivity index is 0.000000273. The van der Waals surface area contributed by atoms with Crippen molar-refractivity contribution in [3.8, 4) is 11.5 Å². The molecule has 0 amide bonds. The van der Waals surface area contributed by atoms with Gasteiger partial charge in [0.2, 0.25) is 0 Å². The van der Waals surface area contributed by atoms with Crippen LogP contribution in [0.1, 0.15) is 84.4 Å². The Morgan fingerprint density at radius 1 is 0.808 bits per heavy atom. The van der Waals surface area contributed by atoms with Gasteiger partial charge in [0.15, 0.2) is 0 Å². The van der Waals surface area contributed by atoms with E-state index in [4.69, 9.17) is 0 Å². The molecule has 144 valence electrons. The van der Waals surface area contributed by atoms with Crippen LogP contribution in [0.15, 0.2) is 42.5 Å². The molecule has 0 aliphatic rings. The number of phenols is 2. The van der Waals surface area contributed by atoms with Crippen LogP contribution in [0.2, 0.25) is 0 Å². The van der Waals surface area contributed by atoms with E-state index in [1.54, 1.807) is 12.1 Å². The van der Waals surface area contributed by atoms with Crippen molar-refractivity contribution in [3.05, 3.63) is 59.2 Å². The molecule has 0 aromatic heterocycles. The van der Waals surface area contributed by atoms with Crippen LogP contribution in [0.3, 0.4) is 0 Å². The van der Waals surface area contributed by atoms with Crippen LogP contribution in [0.4, 0.5) is 0 Å². The predicted molar refractivity (Wildman–Crippen MR) is 112 cm³/mol. The Hall–Kier alpha value is -1.96. The smallest absolute Gasteiger partial charge is 0.119 e. The highest BCUT2D eigenvalue weighted by Gasteiger charge is 2.21. The number of aromatic hydroxyl groups is 2. The highest BCUT2D eigenvalue weighted by molar-refractivity contribution is 5.42. The van der Waals surface area contributed by atoms with Gasteiger partial charge in [0.05, 0.1) is 0 Å². The molecular weight excluding hydrogens is 320 g/mol. The van der Waals surface area contributed by atoms with Crippen molar-refractivity contribution in [2.45, 2.75) is 78.6 Å². The molecule has 2 aromatic rings. The molecular formula is C24H36O2. The summed E-state index contributed by atoms with van der Waals surface area (Å²) in [5.74, 6) is 1.27. The van der Waals surface area contributed by atoms with E-state index in [1.165, 1.54) is 5.56 Å². The summed E-state index contributed by atoms with van der Waals surface area (Å²) in [6.45, 7) is 17.2. The molecule has 26 heavy (non-hydrogen) atoms. The summed E-state index contributed by atoms with van der Waals surface area (Å²) in [5.41, 5.74) is 3.47. The summed E-state index contributed by atoms with van der Waals surface area (Å²) in [6.07, 6.45) is 1.07. The first kappa shape index (κ1) is 22.1. The lowest BCUT2D eigenvalue weighted by atomic mass is 9.80. The number of hydrogen-bond acceptors (Lipinski definition) is 2. The van der Waals surface area contributed by atoms with Crippen molar-refractivity contribution in [1.82, 2.24) is 0 Å². The van der Waals surface area contributed by atoms with Gasteiger partial charge in [-0.3, -0.25) is 0 Å². The predicted octanol–water partition coefficient (Wildman–Crippen LogP) is 6.89. The summed E-state index contributed by atoms with van der Waals surface area (Å²) >= 11 is 0. The molecule has 0 aliphatic heterocycles. The average Bonchev–Trinajstić information content (AvgIpc) is 2.53. The Morgan fingerprint density at radius 2 is 1.38 bits per heavy atom. The lowest BCUT2D eigenvalue weighted by Gasteiger charge is -2.25. The number of rotatable bonds is 2. The fourth-order valence-corrected chi connectivity index (χ4v) is 2.73. The molecule has 0 fully saturated rings. The molecule has 1 unspecified atom stereocenters. The van der Waals surface area contributed by atoms with E-state index in [0.29, 0.717) is 17.4 Å². The van der Waals surface area contributed by atoms with Gasteiger partial charge in [-0.25, -0.2) is 0 Å². The molecule has 0 bridgehead atoms. The molecule has 2 nitrogen and oxygen atoms in total. The van der Waals surface area contributed by atoms with E-state index in [9.17, 15) is 10.2 Å². The van der Waals surface area contributed by atoms with E-state index in [1.807, 2.05) is 24.3 Å². The Labute approximate surface area is 159 Å². The number of hydrogen-bond donors (Lipinski definition) is 2. The summed E-state index contributed by atoms with van der Waals surface area (Å²) in [4.78, 5) is 0. The van der Waals surface area contributed by atoms with Crippen LogP contribution in [0.25, 0.3) is 0 Å². The lowest BCUT2D eigenvalue weighted by Crippen LogP contribution is -2.16. The molecule has 0 saturated carbocycles. The maximum absolute atomic E-state index is 9.84. The molecule has 2 rings (SSSR count). The van der Waals surface area contributed by atoms with Crippen LogP contribution in [0.5, 0.6) is 11.5 Å². The van der Waals surface area contributed by atoms with Crippen LogP contribution in [-0.2, 0) is 10.8 Å². The monoisotopic (exact) mass is 356 g/mol. The SMILES string of the molecule is CC(C)(C)c1ccc(O)c(C(C)(C)C)c1.CCC(C)c1ccccc1O. The minimum Gasteiger partial charge on any atom is -0.508 e. The van der Waals surface area contributed by atoms with Crippen LogP contribution in [-0.4, -0.2) is 10.2 Å². The second-order valence-corrected chi connectivity index (χ2v) is 9.10. The third kappa shape index (κ3) is 6.09. The molecule has 0 radical (unpaired) electrons. The molecule has 1 atom stereocenters. The van der Waals surface area contributed by atoms with Crippen LogP contribution >= 0.6 is 0 Å². The zero-order chi connectivity index (χ0) is 20.1. The van der Waals surface area contributed by atoms with Gasteiger partial charge in [-0.05, 0) is 52.0 Å². The van der Waals surface area contributed by atoms with E-state index < -0.39 is 0 Å². The quantitative estimate of drug-likeness (QED) is 0.615. The van der Waals surface area contributed by atoms with Gasteiger partial charge in [-0.2, -0.15) is 0 Å². The first-order valence-electron chi connectivity index (χ1n) is 9.49. The molecule has 2 N–H and O–H groups in total. The summed E-state index contributed by atoms with van der Waals surface area (Å²) in [5, 5.41) is 19.2. The maximum atomic E-state index is 9.84. The molecule has 2 heteroatoms. The number of benzene rings is 2. The van der Waals surface area contributed by atoms with Gasteiger partial charge in [0, 0.05) is 0 Å². The first-order valence-corrected chi connectivity index (χ1v) is 9.49. The van der Waals surface area contributed by atoms with Crippen LogP contribution < -0.4 is 0 Å². The Kier molecular flexibility index (Phi) is 7.32. The average molecular weight is 357 g/mol. The van der Waals surface area contributed by atoms with Gasteiger partial charge >= 0.3 is 0 Å². The van der Waals surface area contributed by atoms with Crippen molar-refractivity contribution < 1.29 is 10.2 Å². The second kappa shape index (κ2) is 8.62.